The molecule has 0 radical (unpaired) electrons. The van der Waals surface area contributed by atoms with E-state index < -0.39 is 0 Å². The van der Waals surface area contributed by atoms with Crippen molar-refractivity contribution in [3.8, 4) is 27.6 Å². The summed E-state index contributed by atoms with van der Waals surface area (Å²) in [4.78, 5) is 5.88. The van der Waals surface area contributed by atoms with Gasteiger partial charge in [-0.05, 0) is 19.1 Å². The first-order valence-electron chi connectivity index (χ1n) is 6.06. The largest absolute Gasteiger partial charge is 0.508 e. The molecule has 1 N–H and O–H groups in total. The van der Waals surface area contributed by atoms with Crippen LogP contribution in [-0.4, -0.2) is 10.1 Å². The Morgan fingerprint density at radius 1 is 0.947 bits per heavy atom. The van der Waals surface area contributed by atoms with Crippen LogP contribution in [0.1, 0.15) is 4.88 Å². The highest BCUT2D eigenvalue weighted by molar-refractivity contribution is 7.15. The van der Waals surface area contributed by atoms with E-state index in [2.05, 4.69) is 19.1 Å². The van der Waals surface area contributed by atoms with Gasteiger partial charge >= 0.3 is 0 Å². The molecule has 19 heavy (non-hydrogen) atoms. The van der Waals surface area contributed by atoms with Crippen molar-refractivity contribution in [1.29, 1.82) is 0 Å². The van der Waals surface area contributed by atoms with Gasteiger partial charge in [0.1, 0.15) is 10.8 Å². The van der Waals surface area contributed by atoms with Crippen LogP contribution in [0.4, 0.5) is 0 Å². The van der Waals surface area contributed by atoms with Gasteiger partial charge in [0.05, 0.1) is 5.69 Å². The number of phenolic OH excluding ortho intramolecular Hbond substituents is 1. The molecule has 3 heteroatoms. The molecule has 0 saturated carbocycles. The van der Waals surface area contributed by atoms with Crippen molar-refractivity contribution in [2.45, 2.75) is 6.92 Å². The highest BCUT2D eigenvalue weighted by Gasteiger charge is 2.11. The van der Waals surface area contributed by atoms with E-state index in [1.54, 1.807) is 23.5 Å². The number of phenols is 1. The fraction of sp³-hybridized carbons (Fsp3) is 0.0625. The number of aromatic hydroxyl groups is 1. The summed E-state index contributed by atoms with van der Waals surface area (Å²) < 4.78 is 0. The standard InChI is InChI=1S/C16H13NOS/c1-11-15(12-6-3-2-4-7-12)17-16(19-11)13-8-5-9-14(18)10-13/h2-10,18H,1H3. The molecule has 0 atom stereocenters. The first-order chi connectivity index (χ1) is 9.24. The lowest BCUT2D eigenvalue weighted by atomic mass is 10.1. The number of hydrogen-bond donors (Lipinski definition) is 1. The van der Waals surface area contributed by atoms with Crippen LogP contribution in [0.3, 0.4) is 0 Å². The molecule has 0 aliphatic carbocycles. The van der Waals surface area contributed by atoms with Crippen LogP contribution < -0.4 is 0 Å². The molecule has 0 spiro atoms. The number of thiazole rings is 1. The summed E-state index contributed by atoms with van der Waals surface area (Å²) in [5, 5.41) is 10.5. The van der Waals surface area contributed by atoms with Crippen molar-refractivity contribution < 1.29 is 5.11 Å². The molecule has 2 nitrogen and oxygen atoms in total. The molecule has 0 aliphatic rings. The maximum atomic E-state index is 9.54. The minimum absolute atomic E-state index is 0.270. The Kier molecular flexibility index (Phi) is 3.05. The van der Waals surface area contributed by atoms with Gasteiger partial charge in [0.2, 0.25) is 0 Å². The summed E-state index contributed by atoms with van der Waals surface area (Å²) in [5.41, 5.74) is 3.10. The SMILES string of the molecule is Cc1sc(-c2cccc(O)c2)nc1-c1ccccc1. The van der Waals surface area contributed by atoms with Crippen LogP contribution in [-0.2, 0) is 0 Å². The van der Waals surface area contributed by atoms with Gasteiger partial charge in [0.15, 0.2) is 0 Å². The van der Waals surface area contributed by atoms with E-state index in [4.69, 9.17) is 4.98 Å². The second-order valence-electron chi connectivity index (χ2n) is 4.34. The van der Waals surface area contributed by atoms with E-state index in [-0.39, 0.29) is 5.75 Å². The topological polar surface area (TPSA) is 33.1 Å². The first kappa shape index (κ1) is 11.9. The molecule has 94 valence electrons. The molecule has 3 rings (SSSR count). The highest BCUT2D eigenvalue weighted by Crippen LogP contribution is 2.33. The molecule has 0 fully saturated rings. The zero-order valence-electron chi connectivity index (χ0n) is 10.5. The predicted molar refractivity (Wildman–Crippen MR) is 79.4 cm³/mol. The minimum Gasteiger partial charge on any atom is -0.508 e. The highest BCUT2D eigenvalue weighted by atomic mass is 32.1. The van der Waals surface area contributed by atoms with E-state index in [0.717, 1.165) is 21.8 Å². The Bertz CT molecular complexity index is 704. The third-order valence-corrected chi connectivity index (χ3v) is 3.96. The van der Waals surface area contributed by atoms with Crippen LogP contribution in [0.5, 0.6) is 5.75 Å². The van der Waals surface area contributed by atoms with Crippen molar-refractivity contribution >= 4 is 11.3 Å². The number of benzene rings is 2. The average Bonchev–Trinajstić information content (AvgIpc) is 2.82. The zero-order chi connectivity index (χ0) is 13.2. The fourth-order valence-corrected chi connectivity index (χ4v) is 2.95. The Balaban J connectivity index is 2.07. The Morgan fingerprint density at radius 2 is 1.68 bits per heavy atom. The van der Waals surface area contributed by atoms with Gasteiger partial charge in [-0.3, -0.25) is 0 Å². The van der Waals surface area contributed by atoms with Gasteiger partial charge < -0.3 is 5.11 Å². The van der Waals surface area contributed by atoms with E-state index in [1.807, 2.05) is 30.3 Å². The first-order valence-corrected chi connectivity index (χ1v) is 6.88. The average molecular weight is 267 g/mol. The predicted octanol–water partition coefficient (Wildman–Crippen LogP) is 4.49. The van der Waals surface area contributed by atoms with Crippen molar-refractivity contribution in [3.05, 3.63) is 59.5 Å². The van der Waals surface area contributed by atoms with Gasteiger partial charge in [0.25, 0.3) is 0 Å². The molecular weight excluding hydrogens is 254 g/mol. The summed E-state index contributed by atoms with van der Waals surface area (Å²) in [6.07, 6.45) is 0. The third kappa shape index (κ3) is 2.37. The van der Waals surface area contributed by atoms with Crippen molar-refractivity contribution in [2.75, 3.05) is 0 Å². The smallest absolute Gasteiger partial charge is 0.124 e. The van der Waals surface area contributed by atoms with E-state index in [0.29, 0.717) is 0 Å². The van der Waals surface area contributed by atoms with Crippen LogP contribution in [0.2, 0.25) is 0 Å². The lowest BCUT2D eigenvalue weighted by Gasteiger charge is -1.98. The summed E-state index contributed by atoms with van der Waals surface area (Å²) in [7, 11) is 0. The molecular formula is C16H13NOS. The number of nitrogens with zero attached hydrogens (tertiary/aromatic N) is 1. The van der Waals surface area contributed by atoms with Crippen LogP contribution in [0.25, 0.3) is 21.8 Å². The number of aryl methyl sites for hydroxylation is 1. The fourth-order valence-electron chi connectivity index (χ4n) is 2.02. The van der Waals surface area contributed by atoms with Gasteiger partial charge in [0, 0.05) is 16.0 Å². The monoisotopic (exact) mass is 267 g/mol. The molecule has 0 aliphatic heterocycles. The van der Waals surface area contributed by atoms with Crippen molar-refractivity contribution in [2.24, 2.45) is 0 Å². The number of rotatable bonds is 2. The summed E-state index contributed by atoms with van der Waals surface area (Å²) >= 11 is 1.65. The van der Waals surface area contributed by atoms with E-state index in [9.17, 15) is 5.11 Å². The van der Waals surface area contributed by atoms with Gasteiger partial charge in [-0.1, -0.05) is 42.5 Å². The van der Waals surface area contributed by atoms with E-state index in [1.165, 1.54) is 4.88 Å². The number of hydrogen-bond acceptors (Lipinski definition) is 3. The summed E-state index contributed by atoms with van der Waals surface area (Å²) in [6.45, 7) is 2.08. The molecule has 2 aromatic carbocycles. The van der Waals surface area contributed by atoms with Crippen LogP contribution in [0, 0.1) is 6.92 Å². The third-order valence-electron chi connectivity index (χ3n) is 2.94. The maximum absolute atomic E-state index is 9.54. The Morgan fingerprint density at radius 3 is 2.42 bits per heavy atom. The molecule has 1 aromatic heterocycles. The van der Waals surface area contributed by atoms with Crippen molar-refractivity contribution in [3.63, 3.8) is 0 Å². The molecule has 0 saturated heterocycles. The van der Waals surface area contributed by atoms with Gasteiger partial charge in [-0.25, -0.2) is 4.98 Å². The second kappa shape index (κ2) is 4.86. The molecule has 3 aromatic rings. The van der Waals surface area contributed by atoms with Crippen molar-refractivity contribution in [1.82, 2.24) is 4.98 Å². The number of aromatic nitrogens is 1. The molecule has 0 bridgehead atoms. The molecule has 0 amide bonds. The molecule has 1 heterocycles. The van der Waals surface area contributed by atoms with Gasteiger partial charge in [-0.15, -0.1) is 11.3 Å². The minimum atomic E-state index is 0.270. The summed E-state index contributed by atoms with van der Waals surface area (Å²) in [6, 6.07) is 17.4. The lowest BCUT2D eigenvalue weighted by molar-refractivity contribution is 0.475. The Hall–Kier alpha value is -2.13. The van der Waals surface area contributed by atoms with Crippen LogP contribution >= 0.6 is 11.3 Å². The normalized spacial score (nSPS) is 10.6. The zero-order valence-corrected chi connectivity index (χ0v) is 11.3. The quantitative estimate of drug-likeness (QED) is 0.742. The second-order valence-corrected chi connectivity index (χ2v) is 5.54. The summed E-state index contributed by atoms with van der Waals surface area (Å²) in [5.74, 6) is 0.270. The molecule has 0 unspecified atom stereocenters. The lowest BCUT2D eigenvalue weighted by Crippen LogP contribution is -1.80. The van der Waals surface area contributed by atoms with E-state index >= 15 is 0 Å². The van der Waals surface area contributed by atoms with Crippen LogP contribution in [0.15, 0.2) is 54.6 Å². The van der Waals surface area contributed by atoms with Gasteiger partial charge in [-0.2, -0.15) is 0 Å². The Labute approximate surface area is 116 Å². The maximum Gasteiger partial charge on any atom is 0.124 e.